The molecule has 0 spiro atoms. The fourth-order valence-corrected chi connectivity index (χ4v) is 2.30. The van der Waals surface area contributed by atoms with Crippen molar-refractivity contribution in [1.82, 2.24) is 0 Å². The minimum atomic E-state index is -4.74. The normalized spacial score (nSPS) is 10.8. The van der Waals surface area contributed by atoms with Gasteiger partial charge in [-0.2, -0.15) is 0 Å². The number of hydrogen-bond donors (Lipinski definition) is 0. The first-order chi connectivity index (χ1) is 7.50. The number of aryl methyl sites for hydroxylation is 1. The zero-order valence-corrected chi connectivity index (χ0v) is 10.2. The SMILES string of the molecule is CC#Cc1c(CCC)cccc1P(=O)([O-])[O-]. The molecule has 0 fully saturated rings. The van der Waals surface area contributed by atoms with Gasteiger partial charge in [0, 0.05) is 10.9 Å². The van der Waals surface area contributed by atoms with Gasteiger partial charge in [-0.25, -0.2) is 0 Å². The predicted octanol–water partition coefficient (Wildman–Crippen LogP) is 0.549. The van der Waals surface area contributed by atoms with E-state index < -0.39 is 7.60 Å². The van der Waals surface area contributed by atoms with Crippen molar-refractivity contribution in [2.45, 2.75) is 26.7 Å². The molecular formula is C12H13O3P-2. The van der Waals surface area contributed by atoms with Crippen LogP contribution in [0.4, 0.5) is 0 Å². The minimum absolute atomic E-state index is 0.187. The van der Waals surface area contributed by atoms with Crippen molar-refractivity contribution in [1.29, 1.82) is 0 Å². The summed E-state index contributed by atoms with van der Waals surface area (Å²) in [6.45, 7) is 3.61. The summed E-state index contributed by atoms with van der Waals surface area (Å²) >= 11 is 0. The van der Waals surface area contributed by atoms with Crippen molar-refractivity contribution < 1.29 is 14.4 Å². The Morgan fingerprint density at radius 2 is 2.06 bits per heavy atom. The fraction of sp³-hybridized carbons (Fsp3) is 0.333. The van der Waals surface area contributed by atoms with E-state index in [0.717, 1.165) is 18.4 Å². The van der Waals surface area contributed by atoms with Gasteiger partial charge in [0.15, 0.2) is 0 Å². The first-order valence-electron chi connectivity index (χ1n) is 5.08. The largest absolute Gasteiger partial charge is 0.807 e. The summed E-state index contributed by atoms with van der Waals surface area (Å²) in [6, 6.07) is 4.71. The Morgan fingerprint density at radius 3 is 2.56 bits per heavy atom. The van der Waals surface area contributed by atoms with Crippen LogP contribution in [0, 0.1) is 11.8 Å². The summed E-state index contributed by atoms with van der Waals surface area (Å²) in [4.78, 5) is 22.2. The molecule has 0 heterocycles. The van der Waals surface area contributed by atoms with E-state index in [0.29, 0.717) is 5.56 Å². The van der Waals surface area contributed by atoms with Crippen molar-refractivity contribution in [2.24, 2.45) is 0 Å². The summed E-state index contributed by atoms with van der Waals surface area (Å²) in [5.74, 6) is 5.36. The van der Waals surface area contributed by atoms with Crippen LogP contribution in [-0.2, 0) is 11.0 Å². The van der Waals surface area contributed by atoms with Crippen LogP contribution in [0.3, 0.4) is 0 Å². The molecule has 0 aliphatic heterocycles. The summed E-state index contributed by atoms with van der Waals surface area (Å²) in [6.07, 6.45) is 1.60. The average molecular weight is 236 g/mol. The van der Waals surface area contributed by atoms with Gasteiger partial charge in [0.1, 0.15) is 0 Å². The predicted molar refractivity (Wildman–Crippen MR) is 60.2 cm³/mol. The zero-order valence-electron chi connectivity index (χ0n) is 9.32. The van der Waals surface area contributed by atoms with Crippen molar-refractivity contribution in [3.05, 3.63) is 29.3 Å². The molecule has 0 N–H and O–H groups in total. The molecule has 0 aliphatic carbocycles. The second kappa shape index (κ2) is 5.32. The number of benzene rings is 1. The number of hydrogen-bond acceptors (Lipinski definition) is 3. The average Bonchev–Trinajstić information content (AvgIpc) is 2.19. The van der Waals surface area contributed by atoms with E-state index in [-0.39, 0.29) is 5.30 Å². The Bertz CT molecular complexity index is 477. The van der Waals surface area contributed by atoms with Crippen LogP contribution >= 0.6 is 7.60 Å². The lowest BCUT2D eigenvalue weighted by atomic mass is 10.0. The van der Waals surface area contributed by atoms with Gasteiger partial charge >= 0.3 is 0 Å². The van der Waals surface area contributed by atoms with Gasteiger partial charge in [-0.3, -0.25) is 0 Å². The van der Waals surface area contributed by atoms with Crippen LogP contribution in [0.25, 0.3) is 0 Å². The smallest absolute Gasteiger partial charge is 0.0361 e. The van der Waals surface area contributed by atoms with E-state index >= 15 is 0 Å². The molecule has 0 atom stereocenters. The maximum Gasteiger partial charge on any atom is 0.0361 e. The zero-order chi connectivity index (χ0) is 12.2. The van der Waals surface area contributed by atoms with Crippen molar-refractivity contribution in [3.63, 3.8) is 0 Å². The monoisotopic (exact) mass is 236 g/mol. The standard InChI is InChI=1S/C12H15O3P/c1-3-6-10-8-5-9-12(16(13,14)15)11(10)7-4-2/h5,8-9H,3,6H2,1-2H3,(H2,13,14,15)/p-2. The van der Waals surface area contributed by atoms with E-state index in [9.17, 15) is 14.4 Å². The second-order valence-corrected chi connectivity index (χ2v) is 4.91. The molecule has 4 heteroatoms. The Hall–Kier alpha value is -1.07. The molecule has 16 heavy (non-hydrogen) atoms. The second-order valence-electron chi connectivity index (χ2n) is 3.43. The molecule has 0 aromatic heterocycles. The van der Waals surface area contributed by atoms with Gasteiger partial charge in [0.25, 0.3) is 0 Å². The minimum Gasteiger partial charge on any atom is -0.807 e. The summed E-state index contributed by atoms with van der Waals surface area (Å²) in [7, 11) is -4.74. The maximum absolute atomic E-state index is 11.1. The highest BCUT2D eigenvalue weighted by atomic mass is 31.2. The van der Waals surface area contributed by atoms with Crippen molar-refractivity contribution >= 4 is 12.9 Å². The van der Waals surface area contributed by atoms with E-state index in [1.165, 1.54) is 6.07 Å². The summed E-state index contributed by atoms with van der Waals surface area (Å²) in [5, 5.41) is -0.187. The highest BCUT2D eigenvalue weighted by Crippen LogP contribution is 2.26. The Morgan fingerprint density at radius 1 is 1.38 bits per heavy atom. The Labute approximate surface area is 95.7 Å². The topological polar surface area (TPSA) is 63.2 Å². The van der Waals surface area contributed by atoms with Gasteiger partial charge in [-0.05, 0) is 26.5 Å². The Balaban J connectivity index is 3.42. The fourth-order valence-electron chi connectivity index (χ4n) is 1.56. The van der Waals surface area contributed by atoms with Gasteiger partial charge in [0.05, 0.1) is 0 Å². The highest BCUT2D eigenvalue weighted by molar-refractivity contribution is 7.57. The molecule has 86 valence electrons. The lowest BCUT2D eigenvalue weighted by molar-refractivity contribution is -0.307. The third-order valence-corrected chi connectivity index (χ3v) is 3.16. The maximum atomic E-state index is 11.1. The van der Waals surface area contributed by atoms with E-state index in [2.05, 4.69) is 11.8 Å². The van der Waals surface area contributed by atoms with E-state index in [1.54, 1.807) is 13.0 Å². The molecule has 3 nitrogen and oxygen atoms in total. The van der Waals surface area contributed by atoms with Gasteiger partial charge in [-0.1, -0.05) is 37.5 Å². The summed E-state index contributed by atoms with van der Waals surface area (Å²) < 4.78 is 11.1. The Kier molecular flexibility index (Phi) is 4.32. The van der Waals surface area contributed by atoms with Crippen molar-refractivity contribution in [2.75, 3.05) is 0 Å². The van der Waals surface area contributed by atoms with Gasteiger partial charge < -0.3 is 14.4 Å². The quantitative estimate of drug-likeness (QED) is 0.568. The van der Waals surface area contributed by atoms with Crippen LogP contribution in [0.1, 0.15) is 31.4 Å². The van der Waals surface area contributed by atoms with Gasteiger partial charge in [-0.15, -0.1) is 5.92 Å². The molecule has 0 amide bonds. The lowest BCUT2D eigenvalue weighted by Gasteiger charge is -2.31. The molecule has 0 bridgehead atoms. The summed E-state index contributed by atoms with van der Waals surface area (Å²) in [5.41, 5.74) is 1.18. The van der Waals surface area contributed by atoms with E-state index in [4.69, 9.17) is 0 Å². The number of rotatable bonds is 3. The molecule has 1 aromatic carbocycles. The first kappa shape index (κ1) is 13.0. The molecule has 1 rings (SSSR count). The van der Waals surface area contributed by atoms with Crippen LogP contribution in [0.5, 0.6) is 0 Å². The molecule has 0 aliphatic rings. The molecule has 0 radical (unpaired) electrons. The van der Waals surface area contributed by atoms with Gasteiger partial charge in [0.2, 0.25) is 0 Å². The third-order valence-electron chi connectivity index (χ3n) is 2.19. The molecule has 1 aromatic rings. The van der Waals surface area contributed by atoms with Crippen LogP contribution < -0.4 is 15.1 Å². The lowest BCUT2D eigenvalue weighted by Crippen LogP contribution is -2.27. The highest BCUT2D eigenvalue weighted by Gasteiger charge is 2.08. The third kappa shape index (κ3) is 2.96. The van der Waals surface area contributed by atoms with Crippen LogP contribution in [-0.4, -0.2) is 0 Å². The molecule has 0 saturated heterocycles. The molecule has 0 unspecified atom stereocenters. The molecule has 0 saturated carbocycles. The van der Waals surface area contributed by atoms with Crippen LogP contribution in [0.2, 0.25) is 0 Å². The van der Waals surface area contributed by atoms with Crippen LogP contribution in [0.15, 0.2) is 18.2 Å². The van der Waals surface area contributed by atoms with E-state index in [1.807, 2.05) is 13.0 Å². The first-order valence-corrected chi connectivity index (χ1v) is 6.62. The van der Waals surface area contributed by atoms with Crippen molar-refractivity contribution in [3.8, 4) is 11.8 Å². The molecular weight excluding hydrogens is 223 g/mol.